The number of thiophene rings is 1. The zero-order valence-corrected chi connectivity index (χ0v) is 15.3. The van der Waals surface area contributed by atoms with Gasteiger partial charge in [-0.25, -0.2) is 13.1 Å². The topological polar surface area (TPSA) is 52.6 Å². The maximum absolute atomic E-state index is 11.9. The maximum atomic E-state index is 11.9. The van der Waals surface area contributed by atoms with Crippen LogP contribution in [0, 0.1) is 0 Å². The second-order valence-corrected chi connectivity index (χ2v) is 8.76. The molecule has 2 rings (SSSR count). The molecule has 1 aliphatic rings. The fraction of sp³-hybridized carbons (Fsp3) is 0.733. The van der Waals surface area contributed by atoms with Gasteiger partial charge in [0.05, 0.1) is 11.8 Å². The summed E-state index contributed by atoms with van der Waals surface area (Å²) in [5.74, 6) is 0.123. The first-order chi connectivity index (χ1) is 10.5. The van der Waals surface area contributed by atoms with Gasteiger partial charge < -0.3 is 4.90 Å². The van der Waals surface area contributed by atoms with Crippen molar-refractivity contribution in [3.8, 4) is 0 Å². The van der Waals surface area contributed by atoms with E-state index in [0.717, 1.165) is 32.7 Å². The number of sulfonamides is 1. The van der Waals surface area contributed by atoms with Crippen LogP contribution in [0.25, 0.3) is 0 Å². The Morgan fingerprint density at radius 1 is 1.27 bits per heavy atom. The highest BCUT2D eigenvalue weighted by molar-refractivity contribution is 7.89. The Balaban J connectivity index is 2.14. The summed E-state index contributed by atoms with van der Waals surface area (Å²) in [6.07, 6.45) is 0. The smallest absolute Gasteiger partial charge is 0.211 e. The summed E-state index contributed by atoms with van der Waals surface area (Å²) < 4.78 is 26.7. The van der Waals surface area contributed by atoms with Crippen LogP contribution in [0.5, 0.6) is 0 Å². The largest absolute Gasteiger partial charge is 0.301 e. The second-order valence-electron chi connectivity index (χ2n) is 5.74. The molecule has 2 atom stereocenters. The van der Waals surface area contributed by atoms with E-state index in [2.05, 4.69) is 32.9 Å². The summed E-state index contributed by atoms with van der Waals surface area (Å²) in [5.41, 5.74) is 0. The Kier molecular flexibility index (Phi) is 6.40. The van der Waals surface area contributed by atoms with Crippen LogP contribution in [0.2, 0.25) is 0 Å². The van der Waals surface area contributed by atoms with Crippen LogP contribution < -0.4 is 4.72 Å². The van der Waals surface area contributed by atoms with Gasteiger partial charge in [-0.15, -0.1) is 11.3 Å². The van der Waals surface area contributed by atoms with Crippen molar-refractivity contribution in [1.82, 2.24) is 14.5 Å². The molecule has 0 saturated carbocycles. The lowest BCUT2D eigenvalue weighted by molar-refractivity contribution is 0.0888. The highest BCUT2D eigenvalue weighted by atomic mass is 32.2. The molecule has 1 aliphatic heterocycles. The third-order valence-corrected chi connectivity index (χ3v) is 6.74. The summed E-state index contributed by atoms with van der Waals surface area (Å²) in [6.45, 7) is 11.0. The number of hydrogen-bond acceptors (Lipinski definition) is 5. The minimum Gasteiger partial charge on any atom is -0.301 e. The van der Waals surface area contributed by atoms with Crippen molar-refractivity contribution in [3.63, 3.8) is 0 Å². The van der Waals surface area contributed by atoms with Gasteiger partial charge >= 0.3 is 0 Å². The summed E-state index contributed by atoms with van der Waals surface area (Å²) in [5, 5.41) is 2.06. The maximum Gasteiger partial charge on any atom is 0.211 e. The number of hydrogen-bond donors (Lipinski definition) is 1. The minimum absolute atomic E-state index is 0.111. The van der Waals surface area contributed by atoms with E-state index in [4.69, 9.17) is 0 Å². The Bertz CT molecular complexity index is 537. The van der Waals surface area contributed by atoms with Gasteiger partial charge in [0.25, 0.3) is 0 Å². The molecular formula is C15H27N3O2S2. The van der Waals surface area contributed by atoms with Crippen molar-refractivity contribution in [2.45, 2.75) is 32.9 Å². The average molecular weight is 346 g/mol. The van der Waals surface area contributed by atoms with Crippen LogP contribution in [-0.4, -0.2) is 62.7 Å². The van der Waals surface area contributed by atoms with E-state index in [0.29, 0.717) is 0 Å². The molecule has 1 aromatic heterocycles. The van der Waals surface area contributed by atoms with Crippen molar-refractivity contribution in [2.24, 2.45) is 0 Å². The van der Waals surface area contributed by atoms with Crippen molar-refractivity contribution < 1.29 is 8.42 Å². The van der Waals surface area contributed by atoms with Crippen LogP contribution in [0.3, 0.4) is 0 Å². The van der Waals surface area contributed by atoms with Gasteiger partial charge in [0.1, 0.15) is 0 Å². The fourth-order valence-corrected chi connectivity index (χ4v) is 4.82. The zero-order chi connectivity index (χ0) is 16.2. The standard InChI is InChI=1S/C15H27N3O2S2/c1-4-17-8-10-18(11-9-17)15(14-7-6-12-21-14)13(3)16-22(19,20)5-2/h6-7,12-13,15-16H,4-5,8-11H2,1-3H3. The van der Waals surface area contributed by atoms with Gasteiger partial charge in [0.15, 0.2) is 0 Å². The molecule has 1 aromatic rings. The Morgan fingerprint density at radius 2 is 1.95 bits per heavy atom. The molecule has 22 heavy (non-hydrogen) atoms. The van der Waals surface area contributed by atoms with Gasteiger partial charge in [0.2, 0.25) is 10.0 Å². The molecule has 126 valence electrons. The molecule has 1 N–H and O–H groups in total. The van der Waals surface area contributed by atoms with Gasteiger partial charge in [-0.05, 0) is 31.8 Å². The van der Waals surface area contributed by atoms with Crippen LogP contribution >= 0.6 is 11.3 Å². The second kappa shape index (κ2) is 7.88. The third kappa shape index (κ3) is 4.52. The molecule has 0 aromatic carbocycles. The van der Waals surface area contributed by atoms with E-state index in [1.54, 1.807) is 18.3 Å². The number of rotatable bonds is 7. The molecule has 7 heteroatoms. The van der Waals surface area contributed by atoms with E-state index in [9.17, 15) is 8.42 Å². The van der Waals surface area contributed by atoms with E-state index in [-0.39, 0.29) is 17.8 Å². The van der Waals surface area contributed by atoms with E-state index in [1.165, 1.54) is 4.88 Å². The predicted octanol–water partition coefficient (Wildman–Crippen LogP) is 1.75. The van der Waals surface area contributed by atoms with Crippen molar-refractivity contribution in [1.29, 1.82) is 0 Å². The summed E-state index contributed by atoms with van der Waals surface area (Å²) in [7, 11) is -3.19. The van der Waals surface area contributed by atoms with E-state index in [1.807, 2.05) is 13.0 Å². The van der Waals surface area contributed by atoms with E-state index >= 15 is 0 Å². The van der Waals surface area contributed by atoms with Crippen LogP contribution in [0.15, 0.2) is 17.5 Å². The molecule has 1 saturated heterocycles. The summed E-state index contributed by atoms with van der Waals surface area (Å²) >= 11 is 1.70. The Labute approximate surface area is 138 Å². The highest BCUT2D eigenvalue weighted by Crippen LogP contribution is 2.29. The van der Waals surface area contributed by atoms with Gasteiger partial charge in [0, 0.05) is 37.1 Å². The van der Waals surface area contributed by atoms with Crippen molar-refractivity contribution in [2.75, 3.05) is 38.5 Å². The first kappa shape index (κ1) is 17.9. The SMILES string of the molecule is CCN1CCN(C(c2cccs2)C(C)NS(=O)(=O)CC)CC1. The van der Waals surface area contributed by atoms with Crippen LogP contribution in [0.1, 0.15) is 31.7 Å². The third-order valence-electron chi connectivity index (χ3n) is 4.30. The summed E-state index contributed by atoms with van der Waals surface area (Å²) in [6, 6.07) is 4.13. The molecule has 0 spiro atoms. The van der Waals surface area contributed by atoms with Gasteiger partial charge in [-0.2, -0.15) is 0 Å². The summed E-state index contributed by atoms with van der Waals surface area (Å²) in [4.78, 5) is 6.08. The van der Waals surface area contributed by atoms with E-state index < -0.39 is 10.0 Å². The molecule has 0 amide bonds. The molecular weight excluding hydrogens is 318 g/mol. The predicted molar refractivity (Wildman–Crippen MR) is 92.8 cm³/mol. The Morgan fingerprint density at radius 3 is 2.45 bits per heavy atom. The monoisotopic (exact) mass is 345 g/mol. The lowest BCUT2D eigenvalue weighted by Crippen LogP contribution is -2.52. The van der Waals surface area contributed by atoms with Crippen LogP contribution in [0.4, 0.5) is 0 Å². The number of nitrogens with one attached hydrogen (secondary N) is 1. The number of piperazine rings is 1. The first-order valence-electron chi connectivity index (χ1n) is 7.96. The average Bonchev–Trinajstić information content (AvgIpc) is 3.01. The lowest BCUT2D eigenvalue weighted by atomic mass is 10.1. The lowest BCUT2D eigenvalue weighted by Gasteiger charge is -2.41. The molecule has 1 fully saturated rings. The minimum atomic E-state index is -3.19. The molecule has 0 aliphatic carbocycles. The zero-order valence-electron chi connectivity index (χ0n) is 13.7. The Hall–Kier alpha value is -0.470. The van der Waals surface area contributed by atoms with Crippen molar-refractivity contribution >= 4 is 21.4 Å². The normalized spacial score (nSPS) is 20.9. The molecule has 2 unspecified atom stereocenters. The molecule has 2 heterocycles. The first-order valence-corrected chi connectivity index (χ1v) is 10.5. The molecule has 5 nitrogen and oxygen atoms in total. The number of likely N-dealkylation sites (N-methyl/N-ethyl adjacent to an activating group) is 1. The molecule has 0 bridgehead atoms. The molecule has 0 radical (unpaired) electrons. The fourth-order valence-electron chi connectivity index (χ4n) is 2.99. The van der Waals surface area contributed by atoms with Gasteiger partial charge in [-0.3, -0.25) is 4.90 Å². The number of nitrogens with zero attached hydrogens (tertiary/aromatic N) is 2. The highest BCUT2D eigenvalue weighted by Gasteiger charge is 2.31. The van der Waals surface area contributed by atoms with Gasteiger partial charge in [-0.1, -0.05) is 13.0 Å². The van der Waals surface area contributed by atoms with Crippen LogP contribution in [-0.2, 0) is 10.0 Å². The van der Waals surface area contributed by atoms with Crippen molar-refractivity contribution in [3.05, 3.63) is 22.4 Å². The quantitative estimate of drug-likeness (QED) is 0.818.